The van der Waals surface area contributed by atoms with E-state index in [1.807, 2.05) is 0 Å². The molecule has 2 nitrogen and oxygen atoms in total. The Bertz CT molecular complexity index is 336. The molecule has 2 heteroatoms. The van der Waals surface area contributed by atoms with E-state index in [9.17, 15) is 0 Å². The minimum atomic E-state index is 0.527. The standard InChI is InChI=1S/C16H26N2/c1-2-11-18-12-7-6-10-15(13-17)16(18)14-8-4-3-5-9-14/h3-5,8-9,15-16H,2,6-7,10-13,17H2,1H3. The first kappa shape index (κ1) is 13.6. The quantitative estimate of drug-likeness (QED) is 0.884. The molecule has 0 radical (unpaired) electrons. The van der Waals surface area contributed by atoms with Gasteiger partial charge in [-0.3, -0.25) is 4.90 Å². The average molecular weight is 246 g/mol. The highest BCUT2D eigenvalue weighted by molar-refractivity contribution is 5.20. The molecule has 0 amide bonds. The van der Waals surface area contributed by atoms with Crippen molar-refractivity contribution < 1.29 is 0 Å². The summed E-state index contributed by atoms with van der Waals surface area (Å²) >= 11 is 0. The summed E-state index contributed by atoms with van der Waals surface area (Å²) in [5.74, 6) is 0.612. The molecule has 0 saturated carbocycles. The van der Waals surface area contributed by atoms with E-state index in [-0.39, 0.29) is 0 Å². The molecular weight excluding hydrogens is 220 g/mol. The third-order valence-corrected chi connectivity index (χ3v) is 4.06. The van der Waals surface area contributed by atoms with Gasteiger partial charge in [-0.15, -0.1) is 0 Å². The molecule has 0 aromatic heterocycles. The van der Waals surface area contributed by atoms with Crippen LogP contribution in [0.1, 0.15) is 44.2 Å². The second kappa shape index (κ2) is 6.91. The van der Waals surface area contributed by atoms with Gasteiger partial charge >= 0.3 is 0 Å². The zero-order valence-corrected chi connectivity index (χ0v) is 11.5. The molecule has 2 atom stereocenters. The van der Waals surface area contributed by atoms with Crippen molar-refractivity contribution in [3.05, 3.63) is 35.9 Å². The Kier molecular flexibility index (Phi) is 5.21. The van der Waals surface area contributed by atoms with E-state index in [1.54, 1.807) is 0 Å². The van der Waals surface area contributed by atoms with Gasteiger partial charge in [0, 0.05) is 6.04 Å². The van der Waals surface area contributed by atoms with E-state index >= 15 is 0 Å². The largest absolute Gasteiger partial charge is 0.330 e. The van der Waals surface area contributed by atoms with Gasteiger partial charge in [0.25, 0.3) is 0 Å². The van der Waals surface area contributed by atoms with Crippen LogP contribution in [0.25, 0.3) is 0 Å². The predicted octanol–water partition coefficient (Wildman–Crippen LogP) is 3.20. The number of rotatable bonds is 4. The molecule has 1 aromatic carbocycles. The van der Waals surface area contributed by atoms with Gasteiger partial charge in [0.05, 0.1) is 0 Å². The maximum Gasteiger partial charge on any atom is 0.0388 e. The molecule has 0 aliphatic carbocycles. The summed E-state index contributed by atoms with van der Waals surface area (Å²) in [5, 5.41) is 0. The second-order valence-corrected chi connectivity index (χ2v) is 5.38. The summed E-state index contributed by atoms with van der Waals surface area (Å²) < 4.78 is 0. The zero-order chi connectivity index (χ0) is 12.8. The average Bonchev–Trinajstić information content (AvgIpc) is 2.62. The Labute approximate surface area is 111 Å². The SMILES string of the molecule is CCCN1CCCCC(CN)C1c1ccccc1. The van der Waals surface area contributed by atoms with Crippen LogP contribution in [-0.4, -0.2) is 24.5 Å². The van der Waals surface area contributed by atoms with Crippen molar-refractivity contribution in [2.75, 3.05) is 19.6 Å². The minimum absolute atomic E-state index is 0.527. The highest BCUT2D eigenvalue weighted by atomic mass is 15.2. The lowest BCUT2D eigenvalue weighted by molar-refractivity contribution is 0.158. The van der Waals surface area contributed by atoms with E-state index in [0.717, 1.165) is 6.54 Å². The monoisotopic (exact) mass is 246 g/mol. The molecule has 2 rings (SSSR count). The summed E-state index contributed by atoms with van der Waals surface area (Å²) in [6.07, 6.45) is 5.14. The molecule has 18 heavy (non-hydrogen) atoms. The first-order chi connectivity index (χ1) is 8.86. The smallest absolute Gasteiger partial charge is 0.0388 e. The van der Waals surface area contributed by atoms with Gasteiger partial charge in [0.1, 0.15) is 0 Å². The maximum absolute atomic E-state index is 6.03. The van der Waals surface area contributed by atoms with Crippen LogP contribution in [0.3, 0.4) is 0 Å². The summed E-state index contributed by atoms with van der Waals surface area (Å²) in [7, 11) is 0. The van der Waals surface area contributed by atoms with Crippen molar-refractivity contribution in [2.24, 2.45) is 11.7 Å². The molecular formula is C16H26N2. The van der Waals surface area contributed by atoms with Gasteiger partial charge in [-0.2, -0.15) is 0 Å². The fraction of sp³-hybridized carbons (Fsp3) is 0.625. The van der Waals surface area contributed by atoms with Crippen molar-refractivity contribution in [3.63, 3.8) is 0 Å². The molecule has 1 aliphatic rings. The van der Waals surface area contributed by atoms with Gasteiger partial charge in [0.2, 0.25) is 0 Å². The van der Waals surface area contributed by atoms with Gasteiger partial charge in [0.15, 0.2) is 0 Å². The van der Waals surface area contributed by atoms with Crippen LogP contribution in [0.2, 0.25) is 0 Å². The Hall–Kier alpha value is -0.860. The van der Waals surface area contributed by atoms with E-state index in [0.29, 0.717) is 12.0 Å². The normalized spacial score (nSPS) is 25.9. The van der Waals surface area contributed by atoms with E-state index in [1.165, 1.54) is 44.3 Å². The van der Waals surface area contributed by atoms with Crippen LogP contribution in [0, 0.1) is 5.92 Å². The van der Waals surface area contributed by atoms with E-state index in [4.69, 9.17) is 5.73 Å². The van der Waals surface area contributed by atoms with Crippen LogP contribution < -0.4 is 5.73 Å². The third-order valence-electron chi connectivity index (χ3n) is 4.06. The molecule has 1 aromatic rings. The Morgan fingerprint density at radius 2 is 2.00 bits per heavy atom. The van der Waals surface area contributed by atoms with Crippen molar-refractivity contribution in [3.8, 4) is 0 Å². The summed E-state index contributed by atoms with van der Waals surface area (Å²) in [5.41, 5.74) is 7.48. The van der Waals surface area contributed by atoms with Crippen LogP contribution in [0.15, 0.2) is 30.3 Å². The fourth-order valence-electron chi connectivity index (χ4n) is 3.23. The zero-order valence-electron chi connectivity index (χ0n) is 11.5. The summed E-state index contributed by atoms with van der Waals surface area (Å²) in [6.45, 7) is 5.49. The number of likely N-dealkylation sites (tertiary alicyclic amines) is 1. The Balaban J connectivity index is 2.26. The topological polar surface area (TPSA) is 29.3 Å². The Morgan fingerprint density at radius 1 is 1.22 bits per heavy atom. The van der Waals surface area contributed by atoms with Gasteiger partial charge in [-0.05, 0) is 50.4 Å². The molecule has 1 aliphatic heterocycles. The lowest BCUT2D eigenvalue weighted by Crippen LogP contribution is -2.36. The summed E-state index contributed by atoms with van der Waals surface area (Å²) in [6, 6.07) is 11.5. The Morgan fingerprint density at radius 3 is 2.67 bits per heavy atom. The number of nitrogens with two attached hydrogens (primary N) is 1. The molecule has 1 fully saturated rings. The molecule has 2 unspecified atom stereocenters. The van der Waals surface area contributed by atoms with Crippen molar-refractivity contribution >= 4 is 0 Å². The molecule has 1 heterocycles. The van der Waals surface area contributed by atoms with Crippen molar-refractivity contribution in [2.45, 2.75) is 38.6 Å². The second-order valence-electron chi connectivity index (χ2n) is 5.38. The third kappa shape index (κ3) is 3.12. The first-order valence-electron chi connectivity index (χ1n) is 7.36. The van der Waals surface area contributed by atoms with Crippen molar-refractivity contribution in [1.82, 2.24) is 4.90 Å². The molecule has 2 N–H and O–H groups in total. The van der Waals surface area contributed by atoms with Crippen molar-refractivity contribution in [1.29, 1.82) is 0 Å². The lowest BCUT2D eigenvalue weighted by atomic mass is 9.89. The molecule has 0 bridgehead atoms. The van der Waals surface area contributed by atoms with Gasteiger partial charge in [-0.25, -0.2) is 0 Å². The number of nitrogens with zero attached hydrogens (tertiary/aromatic N) is 1. The first-order valence-corrected chi connectivity index (χ1v) is 7.36. The highest BCUT2D eigenvalue weighted by Crippen LogP contribution is 2.34. The predicted molar refractivity (Wildman–Crippen MR) is 77.4 cm³/mol. The van der Waals surface area contributed by atoms with Crippen LogP contribution in [0.5, 0.6) is 0 Å². The minimum Gasteiger partial charge on any atom is -0.330 e. The fourth-order valence-corrected chi connectivity index (χ4v) is 3.23. The van der Waals surface area contributed by atoms with E-state index in [2.05, 4.69) is 42.2 Å². The van der Waals surface area contributed by atoms with Gasteiger partial charge < -0.3 is 5.73 Å². The number of hydrogen-bond donors (Lipinski definition) is 1. The number of hydrogen-bond acceptors (Lipinski definition) is 2. The van der Waals surface area contributed by atoms with Gasteiger partial charge in [-0.1, -0.05) is 43.7 Å². The number of benzene rings is 1. The van der Waals surface area contributed by atoms with Crippen LogP contribution >= 0.6 is 0 Å². The highest BCUT2D eigenvalue weighted by Gasteiger charge is 2.29. The molecule has 100 valence electrons. The summed E-state index contributed by atoms with van der Waals surface area (Å²) in [4.78, 5) is 2.65. The molecule has 0 spiro atoms. The lowest BCUT2D eigenvalue weighted by Gasteiger charge is -2.35. The van der Waals surface area contributed by atoms with E-state index < -0.39 is 0 Å². The molecule has 1 saturated heterocycles. The van der Waals surface area contributed by atoms with Crippen LogP contribution in [-0.2, 0) is 0 Å². The van der Waals surface area contributed by atoms with Crippen LogP contribution in [0.4, 0.5) is 0 Å². The maximum atomic E-state index is 6.03.